The van der Waals surface area contributed by atoms with Crippen LogP contribution in [0.25, 0.3) is 11.0 Å². The van der Waals surface area contributed by atoms with Crippen LogP contribution in [0, 0.1) is 17.6 Å². The molecule has 2 rings (SSSR count). The first-order valence-corrected chi connectivity index (χ1v) is 7.31. The zero-order valence-electron chi connectivity index (χ0n) is 12.1. The molecule has 2 nitrogen and oxygen atoms in total. The molecule has 1 heterocycles. The van der Waals surface area contributed by atoms with Gasteiger partial charge in [0.15, 0.2) is 5.82 Å². The van der Waals surface area contributed by atoms with Gasteiger partial charge in [-0.25, -0.2) is 13.8 Å². The highest BCUT2D eigenvalue weighted by molar-refractivity contribution is 6.20. The highest BCUT2D eigenvalue weighted by Gasteiger charge is 2.24. The van der Waals surface area contributed by atoms with Crippen LogP contribution in [0.4, 0.5) is 8.78 Å². The van der Waals surface area contributed by atoms with Crippen molar-refractivity contribution in [2.45, 2.75) is 45.5 Å². The molecule has 1 aromatic heterocycles. The van der Waals surface area contributed by atoms with Gasteiger partial charge in [-0.15, -0.1) is 11.6 Å². The second-order valence-electron chi connectivity index (χ2n) is 5.43. The first-order chi connectivity index (χ1) is 9.36. The van der Waals surface area contributed by atoms with Gasteiger partial charge in [-0.2, -0.15) is 0 Å². The molecule has 0 bridgehead atoms. The Bertz CT molecular complexity index is 620. The van der Waals surface area contributed by atoms with Gasteiger partial charge in [-0.3, -0.25) is 0 Å². The molecule has 0 amide bonds. The number of imidazole rings is 1. The molecule has 0 aliphatic rings. The monoisotopic (exact) mass is 300 g/mol. The largest absolute Gasteiger partial charge is 0.323 e. The van der Waals surface area contributed by atoms with E-state index in [1.54, 1.807) is 6.92 Å². The van der Waals surface area contributed by atoms with Gasteiger partial charge < -0.3 is 4.57 Å². The van der Waals surface area contributed by atoms with Gasteiger partial charge in [0.1, 0.15) is 17.2 Å². The average molecular weight is 301 g/mol. The summed E-state index contributed by atoms with van der Waals surface area (Å²) < 4.78 is 29.3. The minimum Gasteiger partial charge on any atom is -0.323 e. The van der Waals surface area contributed by atoms with E-state index in [4.69, 9.17) is 11.6 Å². The Hall–Kier alpha value is -1.16. The summed E-state index contributed by atoms with van der Waals surface area (Å²) in [4.78, 5) is 4.29. The Labute approximate surface area is 122 Å². The second-order valence-corrected chi connectivity index (χ2v) is 6.09. The Balaban J connectivity index is 2.80. The molecule has 0 N–H and O–H groups in total. The second kappa shape index (κ2) is 5.68. The predicted octanol–water partition coefficient (Wildman–Crippen LogP) is 5.22. The fraction of sp³-hybridized carbons (Fsp3) is 0.533. The number of nitrogens with zero attached hydrogens (tertiary/aromatic N) is 2. The van der Waals surface area contributed by atoms with Gasteiger partial charge in [-0.1, -0.05) is 20.8 Å². The Morgan fingerprint density at radius 3 is 2.40 bits per heavy atom. The fourth-order valence-corrected chi connectivity index (χ4v) is 2.87. The quantitative estimate of drug-likeness (QED) is 0.708. The maximum Gasteiger partial charge on any atom is 0.153 e. The van der Waals surface area contributed by atoms with E-state index in [1.807, 2.05) is 4.57 Å². The van der Waals surface area contributed by atoms with Crippen LogP contribution in [0.5, 0.6) is 0 Å². The third-order valence-corrected chi connectivity index (χ3v) is 3.81. The smallest absolute Gasteiger partial charge is 0.153 e. The third-order valence-electron chi connectivity index (χ3n) is 3.62. The van der Waals surface area contributed by atoms with Crippen LogP contribution in [0.3, 0.4) is 0 Å². The molecule has 0 fully saturated rings. The maximum atomic E-state index is 13.9. The first kappa shape index (κ1) is 15.2. The molecule has 0 spiro atoms. The summed E-state index contributed by atoms with van der Waals surface area (Å²) in [5.74, 6) is -0.330. The minimum absolute atomic E-state index is 0.109. The molecular weight excluding hydrogens is 282 g/mol. The summed E-state index contributed by atoms with van der Waals surface area (Å²) in [7, 11) is 0. The van der Waals surface area contributed by atoms with Crippen LogP contribution in [0.15, 0.2) is 12.1 Å². The van der Waals surface area contributed by atoms with Crippen molar-refractivity contribution in [2.75, 3.05) is 0 Å². The van der Waals surface area contributed by atoms with Gasteiger partial charge in [-0.05, 0) is 25.3 Å². The van der Waals surface area contributed by atoms with Gasteiger partial charge in [0.05, 0.1) is 10.9 Å². The summed E-state index contributed by atoms with van der Waals surface area (Å²) in [6.45, 7) is 8.01. The van der Waals surface area contributed by atoms with Gasteiger partial charge in [0.25, 0.3) is 0 Å². The Morgan fingerprint density at radius 1 is 1.25 bits per heavy atom. The van der Waals surface area contributed by atoms with Crippen molar-refractivity contribution in [3.63, 3.8) is 0 Å². The molecule has 0 aliphatic carbocycles. The van der Waals surface area contributed by atoms with Crippen molar-refractivity contribution in [2.24, 2.45) is 5.92 Å². The molecule has 2 unspecified atom stereocenters. The zero-order chi connectivity index (χ0) is 15.0. The normalized spacial score (nSPS) is 15.0. The number of rotatable bonds is 4. The Morgan fingerprint density at radius 2 is 1.90 bits per heavy atom. The lowest BCUT2D eigenvalue weighted by Crippen LogP contribution is -2.17. The van der Waals surface area contributed by atoms with Crippen LogP contribution in [0.2, 0.25) is 0 Å². The fourth-order valence-electron chi connectivity index (χ4n) is 2.72. The average Bonchev–Trinajstić information content (AvgIpc) is 2.70. The number of halogens is 3. The van der Waals surface area contributed by atoms with Gasteiger partial charge in [0, 0.05) is 12.1 Å². The predicted molar refractivity (Wildman–Crippen MR) is 78.1 cm³/mol. The zero-order valence-corrected chi connectivity index (χ0v) is 12.9. The minimum atomic E-state index is -0.643. The van der Waals surface area contributed by atoms with Crippen LogP contribution in [0.1, 0.15) is 51.4 Å². The standard InChI is InChI=1S/C15H19ClF2N2/c1-5-12(8(2)3)20-13-7-10(17)6-11(18)14(13)19-15(20)9(4)16/h6-9,12H,5H2,1-4H3. The van der Waals surface area contributed by atoms with E-state index >= 15 is 0 Å². The summed E-state index contributed by atoms with van der Waals surface area (Å²) in [6.07, 6.45) is 0.845. The third kappa shape index (κ3) is 2.53. The van der Waals surface area contributed by atoms with Crippen molar-refractivity contribution in [3.8, 4) is 0 Å². The Kier molecular flexibility index (Phi) is 4.33. The maximum absolute atomic E-state index is 13.9. The lowest BCUT2D eigenvalue weighted by molar-refractivity contribution is 0.364. The number of alkyl halides is 1. The van der Waals surface area contributed by atoms with Crippen LogP contribution in [-0.2, 0) is 0 Å². The number of hydrogen-bond donors (Lipinski definition) is 0. The van der Waals surface area contributed by atoms with E-state index in [-0.39, 0.29) is 16.9 Å². The lowest BCUT2D eigenvalue weighted by Gasteiger charge is -2.24. The number of hydrogen-bond acceptors (Lipinski definition) is 1. The van der Waals surface area contributed by atoms with E-state index in [1.165, 1.54) is 6.07 Å². The number of aromatic nitrogens is 2. The molecule has 1 aromatic carbocycles. The summed E-state index contributed by atoms with van der Waals surface area (Å²) >= 11 is 6.18. The topological polar surface area (TPSA) is 17.8 Å². The lowest BCUT2D eigenvalue weighted by atomic mass is 10.0. The molecule has 110 valence electrons. The molecule has 0 radical (unpaired) electrons. The first-order valence-electron chi connectivity index (χ1n) is 6.87. The van der Waals surface area contributed by atoms with E-state index < -0.39 is 11.6 Å². The number of benzene rings is 1. The SMILES string of the molecule is CCC(C(C)C)n1c(C(C)Cl)nc2c(F)cc(F)cc21. The van der Waals surface area contributed by atoms with Crippen molar-refractivity contribution < 1.29 is 8.78 Å². The van der Waals surface area contributed by atoms with Crippen LogP contribution < -0.4 is 0 Å². The summed E-state index contributed by atoms with van der Waals surface area (Å²) in [6, 6.07) is 2.30. The highest BCUT2D eigenvalue weighted by atomic mass is 35.5. The molecule has 20 heavy (non-hydrogen) atoms. The van der Waals surface area contributed by atoms with Gasteiger partial charge in [0.2, 0.25) is 0 Å². The molecule has 2 atom stereocenters. The van der Waals surface area contributed by atoms with Crippen molar-refractivity contribution >= 4 is 22.6 Å². The van der Waals surface area contributed by atoms with Crippen LogP contribution >= 0.6 is 11.6 Å². The van der Waals surface area contributed by atoms with E-state index in [0.29, 0.717) is 17.3 Å². The summed E-state index contributed by atoms with van der Waals surface area (Å²) in [5, 5.41) is -0.363. The van der Waals surface area contributed by atoms with Gasteiger partial charge >= 0.3 is 0 Å². The molecule has 0 saturated carbocycles. The molecular formula is C15H19ClF2N2. The molecule has 2 aromatic rings. The summed E-state index contributed by atoms with van der Waals surface area (Å²) in [5.41, 5.74) is 0.665. The highest BCUT2D eigenvalue weighted by Crippen LogP contribution is 2.34. The van der Waals surface area contributed by atoms with E-state index in [2.05, 4.69) is 25.8 Å². The van der Waals surface area contributed by atoms with E-state index in [9.17, 15) is 8.78 Å². The number of fused-ring (bicyclic) bond motifs is 1. The van der Waals surface area contributed by atoms with Crippen molar-refractivity contribution in [1.29, 1.82) is 0 Å². The molecule has 5 heteroatoms. The molecule has 0 aliphatic heterocycles. The van der Waals surface area contributed by atoms with Crippen molar-refractivity contribution in [3.05, 3.63) is 29.6 Å². The van der Waals surface area contributed by atoms with Crippen molar-refractivity contribution in [1.82, 2.24) is 9.55 Å². The molecule has 0 saturated heterocycles. The van der Waals surface area contributed by atoms with Crippen LogP contribution in [-0.4, -0.2) is 9.55 Å². The van der Waals surface area contributed by atoms with E-state index in [0.717, 1.165) is 12.5 Å².